The van der Waals surface area contributed by atoms with Crippen molar-refractivity contribution in [2.45, 2.75) is 12.0 Å². The highest BCUT2D eigenvalue weighted by atomic mass is 35.5. The van der Waals surface area contributed by atoms with Crippen molar-refractivity contribution in [3.05, 3.63) is 29.5 Å². The predicted molar refractivity (Wildman–Crippen MR) is 50.0 cm³/mol. The third-order valence-corrected chi connectivity index (χ3v) is 1.92. The molecule has 1 aromatic carbocycles. The Morgan fingerprint density at radius 1 is 1.54 bits per heavy atom. The fourth-order valence-electron chi connectivity index (χ4n) is 1.24. The molecule has 0 saturated carbocycles. The van der Waals surface area contributed by atoms with E-state index in [2.05, 4.69) is 10.4 Å². The average molecular weight is 198 g/mol. The molecule has 0 aliphatic carbocycles. The van der Waals surface area contributed by atoms with Gasteiger partial charge < -0.3 is 10.5 Å². The van der Waals surface area contributed by atoms with Gasteiger partial charge in [-0.2, -0.15) is 0 Å². The zero-order valence-corrected chi connectivity index (χ0v) is 7.75. The minimum absolute atomic E-state index is 0.487. The van der Waals surface area contributed by atoms with Gasteiger partial charge in [0.25, 0.3) is 10.8 Å². The van der Waals surface area contributed by atoms with Crippen LogP contribution >= 0.6 is 11.6 Å². The predicted octanol–water partition coefficient (Wildman–Crippen LogP) is 2.62. The number of benzene rings is 1. The molecule has 0 aromatic heterocycles. The van der Waals surface area contributed by atoms with Gasteiger partial charge in [-0.25, -0.2) is 0 Å². The number of alkyl halides is 1. The lowest BCUT2D eigenvalue weighted by Crippen LogP contribution is -2.30. The Balaban J connectivity index is 2.55. The van der Waals surface area contributed by atoms with Crippen LogP contribution in [0.2, 0.25) is 0 Å². The van der Waals surface area contributed by atoms with E-state index in [4.69, 9.17) is 11.6 Å². The van der Waals surface area contributed by atoms with Crippen molar-refractivity contribution in [3.63, 3.8) is 0 Å². The third kappa shape index (κ3) is 1.45. The van der Waals surface area contributed by atoms with Gasteiger partial charge >= 0.3 is 0 Å². The van der Waals surface area contributed by atoms with Crippen LogP contribution in [-0.4, -0.2) is 9.98 Å². The van der Waals surface area contributed by atoms with Gasteiger partial charge in [-0.1, -0.05) is 23.7 Å². The van der Waals surface area contributed by atoms with Crippen LogP contribution in [0.4, 0.5) is 11.4 Å². The largest absolute Gasteiger partial charge is 0.594 e. The molecule has 0 radical (unpaired) electrons. The summed E-state index contributed by atoms with van der Waals surface area (Å²) in [6, 6.07) is 7.08. The van der Waals surface area contributed by atoms with Crippen molar-refractivity contribution < 1.29 is 4.86 Å². The number of azo groups is 1. The summed E-state index contributed by atoms with van der Waals surface area (Å²) in [5, 5.41) is 16.9. The lowest BCUT2D eigenvalue weighted by atomic mass is 10.2. The number of rotatable bonds is 0. The van der Waals surface area contributed by atoms with Crippen molar-refractivity contribution in [1.82, 2.24) is 0 Å². The van der Waals surface area contributed by atoms with Gasteiger partial charge in [-0.3, -0.25) is 0 Å². The molecular weight excluding hydrogens is 190 g/mol. The Kier molecular flexibility index (Phi) is 1.66. The average Bonchev–Trinajstić information content (AvgIpc) is 2.02. The highest BCUT2D eigenvalue weighted by Gasteiger charge is 2.31. The van der Waals surface area contributed by atoms with E-state index in [1.807, 2.05) is 6.07 Å². The maximum atomic E-state index is 11.3. The fraction of sp³-hybridized carbons (Fsp3) is 0.250. The molecule has 4 nitrogen and oxygen atoms in total. The van der Waals surface area contributed by atoms with E-state index in [1.54, 1.807) is 25.1 Å². The van der Waals surface area contributed by atoms with Gasteiger partial charge in [0.1, 0.15) is 5.69 Å². The molecule has 0 saturated heterocycles. The highest BCUT2D eigenvalue weighted by Crippen LogP contribution is 2.34. The molecule has 1 aliphatic heterocycles. The number of nitrogens with one attached hydrogen (secondary N) is 1. The summed E-state index contributed by atoms with van der Waals surface area (Å²) in [7, 11) is 0. The molecule has 0 amide bonds. The molecule has 0 spiro atoms. The van der Waals surface area contributed by atoms with E-state index in [-0.39, 0.29) is 0 Å². The SMILES string of the molecule is CC1(Cl)N=[N+]([O-])c2ccccc2N1. The Bertz CT molecular complexity index is 375. The minimum Gasteiger partial charge on any atom is -0.594 e. The maximum absolute atomic E-state index is 11.3. The lowest BCUT2D eigenvalue weighted by molar-refractivity contribution is -0.448. The zero-order chi connectivity index (χ0) is 9.47. The summed E-state index contributed by atoms with van der Waals surface area (Å²) in [6.45, 7) is 1.62. The first-order valence-corrected chi connectivity index (χ1v) is 4.22. The smallest absolute Gasteiger partial charge is 0.267 e. The normalized spacial score (nSPS) is 25.8. The van der Waals surface area contributed by atoms with Crippen molar-refractivity contribution in [3.8, 4) is 0 Å². The van der Waals surface area contributed by atoms with Crippen molar-refractivity contribution in [2.24, 2.45) is 5.11 Å². The molecule has 1 atom stereocenters. The fourth-order valence-corrected chi connectivity index (χ4v) is 1.41. The summed E-state index contributed by atoms with van der Waals surface area (Å²) < 4.78 is 0. The first-order chi connectivity index (χ1) is 6.08. The standard InChI is InChI=1S/C8H8ClN3O/c1-8(9)10-6-4-2-3-5-7(6)12(13)11-8/h2-5,10H,1H3. The van der Waals surface area contributed by atoms with Crippen LogP contribution in [0.5, 0.6) is 0 Å². The highest BCUT2D eigenvalue weighted by molar-refractivity contribution is 6.24. The van der Waals surface area contributed by atoms with Crippen LogP contribution < -0.4 is 5.32 Å². The van der Waals surface area contributed by atoms with Gasteiger partial charge in [-0.15, -0.1) is 0 Å². The van der Waals surface area contributed by atoms with Crippen molar-refractivity contribution >= 4 is 23.0 Å². The van der Waals surface area contributed by atoms with Crippen LogP contribution in [0.3, 0.4) is 0 Å². The van der Waals surface area contributed by atoms with Crippen LogP contribution in [0.15, 0.2) is 29.4 Å². The summed E-state index contributed by atoms with van der Waals surface area (Å²) in [5.41, 5.74) is 1.19. The molecule has 0 fully saturated rings. The Hall–Kier alpha value is -1.29. The monoisotopic (exact) mass is 197 g/mol. The van der Waals surface area contributed by atoms with Crippen LogP contribution in [0.25, 0.3) is 0 Å². The van der Waals surface area contributed by atoms with Gasteiger partial charge in [-0.05, 0) is 10.9 Å². The molecule has 68 valence electrons. The second-order valence-electron chi connectivity index (χ2n) is 2.97. The second kappa shape index (κ2) is 2.60. The molecular formula is C8H8ClN3O. The van der Waals surface area contributed by atoms with Crippen molar-refractivity contribution in [2.75, 3.05) is 5.32 Å². The van der Waals surface area contributed by atoms with Crippen LogP contribution in [0.1, 0.15) is 6.92 Å². The number of hydrogen-bond acceptors (Lipinski definition) is 3. The van der Waals surface area contributed by atoms with E-state index in [0.29, 0.717) is 16.2 Å². The van der Waals surface area contributed by atoms with Gasteiger partial charge in [0, 0.05) is 18.1 Å². The summed E-state index contributed by atoms with van der Waals surface area (Å²) in [6.07, 6.45) is 0. The molecule has 1 unspecified atom stereocenters. The Morgan fingerprint density at radius 3 is 3.00 bits per heavy atom. The summed E-state index contributed by atoms with van der Waals surface area (Å²) >= 11 is 5.88. The molecule has 1 aromatic rings. The molecule has 1 N–H and O–H groups in total. The number of fused-ring (bicyclic) bond motifs is 1. The van der Waals surface area contributed by atoms with E-state index in [9.17, 15) is 5.21 Å². The number of nitrogens with zero attached hydrogens (tertiary/aromatic N) is 2. The quantitative estimate of drug-likeness (QED) is 0.301. The van der Waals surface area contributed by atoms with E-state index in [0.717, 1.165) is 0 Å². The second-order valence-corrected chi connectivity index (χ2v) is 3.70. The van der Waals surface area contributed by atoms with E-state index < -0.39 is 5.12 Å². The molecule has 2 rings (SSSR count). The van der Waals surface area contributed by atoms with Gasteiger partial charge in [0.05, 0.1) is 0 Å². The summed E-state index contributed by atoms with van der Waals surface area (Å²) in [4.78, 5) is 0.541. The van der Waals surface area contributed by atoms with Gasteiger partial charge in [0.15, 0.2) is 0 Å². The van der Waals surface area contributed by atoms with Gasteiger partial charge in [0.2, 0.25) is 0 Å². The zero-order valence-electron chi connectivity index (χ0n) is 6.99. The Morgan fingerprint density at radius 2 is 2.23 bits per heavy atom. The molecule has 1 aliphatic rings. The van der Waals surface area contributed by atoms with Crippen molar-refractivity contribution in [1.29, 1.82) is 0 Å². The summed E-state index contributed by atoms with van der Waals surface area (Å²) in [5.74, 6) is 0. The number of para-hydroxylation sites is 2. The van der Waals surface area contributed by atoms with E-state index >= 15 is 0 Å². The first-order valence-electron chi connectivity index (χ1n) is 3.85. The molecule has 1 heterocycles. The topological polar surface area (TPSA) is 50.5 Å². The molecule has 13 heavy (non-hydrogen) atoms. The number of anilines is 1. The number of halogens is 1. The first kappa shape index (κ1) is 8.31. The Labute approximate surface area is 80.4 Å². The third-order valence-electron chi connectivity index (χ3n) is 1.75. The minimum atomic E-state index is -1.05. The molecule has 0 bridgehead atoms. The van der Waals surface area contributed by atoms with Crippen LogP contribution in [-0.2, 0) is 0 Å². The molecule has 5 heteroatoms. The van der Waals surface area contributed by atoms with E-state index in [1.165, 1.54) is 0 Å². The lowest BCUT2D eigenvalue weighted by Gasteiger charge is -2.22. The number of hydrogen-bond donors (Lipinski definition) is 1. The van der Waals surface area contributed by atoms with Crippen LogP contribution in [0, 0.1) is 5.21 Å². The maximum Gasteiger partial charge on any atom is 0.267 e.